The standard InChI is InChI=1S/C10H12ClN3O3S/c11-7-1-6-18-8(7)9(15)14(12)10(16)13-2-4-17-5-3-13/h1,6H,2-5,12H2. The van der Waals surface area contributed by atoms with Crippen LogP contribution in [0.3, 0.4) is 0 Å². The molecule has 0 aromatic carbocycles. The zero-order valence-electron chi connectivity index (χ0n) is 9.47. The molecule has 1 aliphatic rings. The zero-order valence-corrected chi connectivity index (χ0v) is 11.0. The third-order valence-corrected chi connectivity index (χ3v) is 3.85. The van der Waals surface area contributed by atoms with Gasteiger partial charge in [-0.3, -0.25) is 4.79 Å². The highest BCUT2D eigenvalue weighted by Crippen LogP contribution is 2.23. The Morgan fingerprint density at radius 3 is 2.67 bits per heavy atom. The lowest BCUT2D eigenvalue weighted by Gasteiger charge is -2.29. The van der Waals surface area contributed by atoms with Gasteiger partial charge in [-0.1, -0.05) is 11.6 Å². The van der Waals surface area contributed by atoms with Gasteiger partial charge in [0.2, 0.25) is 0 Å². The van der Waals surface area contributed by atoms with Crippen molar-refractivity contribution in [3.05, 3.63) is 21.3 Å². The van der Waals surface area contributed by atoms with Crippen LogP contribution in [0.4, 0.5) is 4.79 Å². The highest BCUT2D eigenvalue weighted by Gasteiger charge is 2.27. The minimum Gasteiger partial charge on any atom is -0.378 e. The van der Waals surface area contributed by atoms with E-state index in [0.29, 0.717) is 36.3 Å². The van der Waals surface area contributed by atoms with Crippen molar-refractivity contribution in [2.45, 2.75) is 0 Å². The molecule has 1 saturated heterocycles. The van der Waals surface area contributed by atoms with Gasteiger partial charge >= 0.3 is 6.03 Å². The van der Waals surface area contributed by atoms with Crippen molar-refractivity contribution >= 4 is 34.9 Å². The first-order chi connectivity index (χ1) is 8.61. The minimum atomic E-state index is -0.591. The van der Waals surface area contributed by atoms with Crippen LogP contribution >= 0.6 is 22.9 Å². The summed E-state index contributed by atoms with van der Waals surface area (Å²) in [5, 5.41) is 2.57. The molecule has 1 aromatic heterocycles. The van der Waals surface area contributed by atoms with Crippen LogP contribution in [-0.2, 0) is 4.74 Å². The topological polar surface area (TPSA) is 75.9 Å². The third-order valence-electron chi connectivity index (χ3n) is 2.52. The first-order valence-electron chi connectivity index (χ1n) is 5.30. The van der Waals surface area contributed by atoms with Crippen LogP contribution in [0.5, 0.6) is 0 Å². The van der Waals surface area contributed by atoms with Crippen molar-refractivity contribution < 1.29 is 14.3 Å². The molecule has 0 atom stereocenters. The van der Waals surface area contributed by atoms with Crippen LogP contribution in [0, 0.1) is 0 Å². The fourth-order valence-electron chi connectivity index (χ4n) is 1.55. The second-order valence-electron chi connectivity index (χ2n) is 3.65. The Bertz CT molecular complexity index is 459. The van der Waals surface area contributed by atoms with Gasteiger partial charge in [-0.05, 0) is 11.4 Å². The number of imide groups is 1. The van der Waals surface area contributed by atoms with Crippen molar-refractivity contribution in [2.24, 2.45) is 5.84 Å². The van der Waals surface area contributed by atoms with E-state index in [0.717, 1.165) is 11.3 Å². The second kappa shape index (κ2) is 5.66. The summed E-state index contributed by atoms with van der Waals surface area (Å²) in [5.74, 6) is 4.96. The Morgan fingerprint density at radius 1 is 1.44 bits per heavy atom. The van der Waals surface area contributed by atoms with Gasteiger partial charge in [-0.2, -0.15) is 5.01 Å². The van der Waals surface area contributed by atoms with E-state index in [-0.39, 0.29) is 4.88 Å². The summed E-state index contributed by atoms with van der Waals surface area (Å²) < 4.78 is 5.12. The van der Waals surface area contributed by atoms with Crippen LogP contribution in [-0.4, -0.2) is 48.2 Å². The fourth-order valence-corrected chi connectivity index (χ4v) is 2.62. The molecule has 98 valence electrons. The Balaban J connectivity index is 2.06. The van der Waals surface area contributed by atoms with Crippen LogP contribution in [0.15, 0.2) is 11.4 Å². The molecule has 1 aromatic rings. The number of halogens is 1. The van der Waals surface area contributed by atoms with E-state index in [1.807, 2.05) is 0 Å². The van der Waals surface area contributed by atoms with E-state index < -0.39 is 11.9 Å². The molecule has 8 heteroatoms. The van der Waals surface area contributed by atoms with Crippen LogP contribution in [0.1, 0.15) is 9.67 Å². The number of morpholine rings is 1. The normalized spacial score (nSPS) is 15.6. The number of hydrogen-bond donors (Lipinski definition) is 1. The average molecular weight is 290 g/mol. The second-order valence-corrected chi connectivity index (χ2v) is 4.98. The highest BCUT2D eigenvalue weighted by atomic mass is 35.5. The molecule has 1 fully saturated rings. The van der Waals surface area contributed by atoms with Crippen LogP contribution in [0.2, 0.25) is 5.02 Å². The minimum absolute atomic E-state index is 0.265. The summed E-state index contributed by atoms with van der Waals surface area (Å²) in [6.07, 6.45) is 0. The summed E-state index contributed by atoms with van der Waals surface area (Å²) >= 11 is 6.98. The first kappa shape index (κ1) is 13.3. The van der Waals surface area contributed by atoms with Crippen LogP contribution < -0.4 is 5.84 Å². The van der Waals surface area contributed by atoms with Gasteiger partial charge in [-0.25, -0.2) is 10.6 Å². The third kappa shape index (κ3) is 2.64. The average Bonchev–Trinajstić information content (AvgIpc) is 2.83. The molecule has 2 heterocycles. The molecule has 2 rings (SSSR count). The highest BCUT2D eigenvalue weighted by molar-refractivity contribution is 7.12. The summed E-state index contributed by atoms with van der Waals surface area (Å²) in [6.45, 7) is 1.76. The molecule has 0 bridgehead atoms. The summed E-state index contributed by atoms with van der Waals surface area (Å²) in [5.41, 5.74) is 0. The van der Waals surface area contributed by atoms with Gasteiger partial charge in [0.05, 0.1) is 18.2 Å². The maximum atomic E-state index is 12.0. The number of amides is 3. The van der Waals surface area contributed by atoms with E-state index in [1.165, 1.54) is 4.90 Å². The number of rotatable bonds is 1. The lowest BCUT2D eigenvalue weighted by molar-refractivity contribution is 0.0407. The molecule has 0 saturated carbocycles. The van der Waals surface area contributed by atoms with E-state index in [1.54, 1.807) is 11.4 Å². The predicted octanol–water partition coefficient (Wildman–Crippen LogP) is 1.17. The Hall–Kier alpha value is -1.15. The van der Waals surface area contributed by atoms with Crippen molar-refractivity contribution in [1.82, 2.24) is 9.91 Å². The summed E-state index contributed by atoms with van der Waals surface area (Å²) in [4.78, 5) is 25.7. The zero-order chi connectivity index (χ0) is 13.1. The van der Waals surface area contributed by atoms with E-state index >= 15 is 0 Å². The van der Waals surface area contributed by atoms with E-state index in [2.05, 4.69) is 0 Å². The first-order valence-corrected chi connectivity index (χ1v) is 6.56. The predicted molar refractivity (Wildman–Crippen MR) is 67.5 cm³/mol. The number of ether oxygens (including phenoxy) is 1. The molecule has 2 N–H and O–H groups in total. The number of hydrazine groups is 1. The smallest absolute Gasteiger partial charge is 0.341 e. The fraction of sp³-hybridized carbons (Fsp3) is 0.400. The number of carbonyl (C=O) groups is 2. The molecular weight excluding hydrogens is 278 g/mol. The van der Waals surface area contributed by atoms with Gasteiger partial charge in [0.25, 0.3) is 5.91 Å². The molecule has 1 aliphatic heterocycles. The maximum Gasteiger partial charge on any atom is 0.341 e. The Kier molecular flexibility index (Phi) is 4.18. The molecular formula is C10H12ClN3O3S. The molecule has 3 amide bonds. The Morgan fingerprint density at radius 2 is 2.11 bits per heavy atom. The van der Waals surface area contributed by atoms with Crippen molar-refractivity contribution in [1.29, 1.82) is 0 Å². The van der Waals surface area contributed by atoms with E-state index in [9.17, 15) is 9.59 Å². The molecule has 0 radical (unpaired) electrons. The SMILES string of the molecule is NN(C(=O)c1sccc1Cl)C(=O)N1CCOCC1. The summed E-state index contributed by atoms with van der Waals surface area (Å²) in [7, 11) is 0. The maximum absolute atomic E-state index is 12.0. The molecule has 0 aliphatic carbocycles. The number of nitrogens with two attached hydrogens (primary N) is 1. The van der Waals surface area contributed by atoms with E-state index in [4.69, 9.17) is 22.2 Å². The lowest BCUT2D eigenvalue weighted by atomic mass is 10.4. The van der Waals surface area contributed by atoms with Crippen molar-refractivity contribution in [2.75, 3.05) is 26.3 Å². The van der Waals surface area contributed by atoms with Gasteiger partial charge < -0.3 is 9.64 Å². The lowest BCUT2D eigenvalue weighted by Crippen LogP contribution is -2.53. The molecule has 0 spiro atoms. The van der Waals surface area contributed by atoms with Crippen LogP contribution in [0.25, 0.3) is 0 Å². The van der Waals surface area contributed by atoms with Crippen molar-refractivity contribution in [3.8, 4) is 0 Å². The number of thiophene rings is 1. The quantitative estimate of drug-likeness (QED) is 0.478. The Labute approximate surface area is 113 Å². The molecule has 6 nitrogen and oxygen atoms in total. The largest absolute Gasteiger partial charge is 0.378 e. The van der Waals surface area contributed by atoms with Gasteiger partial charge in [0.1, 0.15) is 4.88 Å². The summed E-state index contributed by atoms with van der Waals surface area (Å²) in [6, 6.07) is 1.06. The monoisotopic (exact) mass is 289 g/mol. The number of nitrogens with zero attached hydrogens (tertiary/aromatic N) is 2. The molecule has 0 unspecified atom stereocenters. The van der Waals surface area contributed by atoms with Gasteiger partial charge in [0.15, 0.2) is 0 Å². The van der Waals surface area contributed by atoms with Crippen molar-refractivity contribution in [3.63, 3.8) is 0 Å². The number of urea groups is 1. The number of carbonyl (C=O) groups excluding carboxylic acids is 2. The number of hydrogen-bond acceptors (Lipinski definition) is 5. The van der Waals surface area contributed by atoms with Gasteiger partial charge in [-0.15, -0.1) is 11.3 Å². The molecule has 18 heavy (non-hydrogen) atoms. The van der Waals surface area contributed by atoms with Gasteiger partial charge in [0, 0.05) is 13.1 Å².